The van der Waals surface area contributed by atoms with Crippen molar-refractivity contribution in [1.29, 1.82) is 0 Å². The van der Waals surface area contributed by atoms with Crippen LogP contribution in [0.2, 0.25) is 0 Å². The second-order valence-electron chi connectivity index (χ2n) is 8.23. The number of nitrogens with zero attached hydrogens (tertiary/aromatic N) is 3. The Hall–Kier alpha value is -2.91. The summed E-state index contributed by atoms with van der Waals surface area (Å²) < 4.78 is 30.0. The second-order valence-corrected chi connectivity index (χ2v) is 9.74. The molecule has 3 aromatic rings. The zero-order chi connectivity index (χ0) is 22.7. The number of primary sulfonamides is 1. The van der Waals surface area contributed by atoms with Gasteiger partial charge in [0, 0.05) is 36.3 Å². The second kappa shape index (κ2) is 9.30. The van der Waals surface area contributed by atoms with Crippen LogP contribution in [0.1, 0.15) is 42.4 Å². The summed E-state index contributed by atoms with van der Waals surface area (Å²) in [6.45, 7) is 3.29. The fourth-order valence-electron chi connectivity index (χ4n) is 4.31. The van der Waals surface area contributed by atoms with Crippen LogP contribution >= 0.6 is 0 Å². The number of benzene rings is 1. The third-order valence-electron chi connectivity index (χ3n) is 5.85. The number of unbranched alkanes of at least 4 members (excludes halogenated alkanes) is 2. The molecule has 0 saturated carbocycles. The first-order chi connectivity index (χ1) is 15.3. The van der Waals surface area contributed by atoms with Gasteiger partial charge in [0.05, 0.1) is 6.61 Å². The van der Waals surface area contributed by atoms with Crippen LogP contribution in [0.25, 0.3) is 11.1 Å². The Labute approximate surface area is 188 Å². The van der Waals surface area contributed by atoms with Crippen molar-refractivity contribution in [2.75, 3.05) is 12.3 Å². The van der Waals surface area contributed by atoms with Crippen LogP contribution in [-0.2, 0) is 29.4 Å². The summed E-state index contributed by atoms with van der Waals surface area (Å²) in [5.74, 6) is 0.590. The molecular weight excluding hydrogens is 426 g/mol. The van der Waals surface area contributed by atoms with E-state index < -0.39 is 10.0 Å². The first kappa shape index (κ1) is 22.3. The number of pyridine rings is 1. The van der Waals surface area contributed by atoms with Crippen molar-refractivity contribution in [3.63, 3.8) is 0 Å². The van der Waals surface area contributed by atoms with Gasteiger partial charge in [-0.05, 0) is 79.8 Å². The molecule has 170 valence electrons. The fourth-order valence-corrected chi connectivity index (χ4v) is 4.78. The molecule has 0 atom stereocenters. The molecule has 1 aromatic carbocycles. The minimum atomic E-state index is -3.75. The number of nitrogen functional groups attached to an aromatic ring is 1. The highest BCUT2D eigenvalue weighted by Gasteiger charge is 2.19. The zero-order valence-corrected chi connectivity index (χ0v) is 19.1. The van der Waals surface area contributed by atoms with Crippen molar-refractivity contribution >= 4 is 15.7 Å². The van der Waals surface area contributed by atoms with E-state index >= 15 is 0 Å². The van der Waals surface area contributed by atoms with Crippen LogP contribution in [0.5, 0.6) is 5.88 Å². The standard InChI is InChI=1S/C23H29N5O3S/c1-16-14-17-6-5-7-19(17)23(24)22(16)18-8-10-26-20(15-18)31-13-4-2-3-11-28-12-9-21(27-28)32(25,29)30/h8-10,12,14-15H,2-7,11,13,24H2,1H3,(H2,25,29,30). The number of rotatable bonds is 9. The maximum Gasteiger partial charge on any atom is 0.257 e. The predicted octanol–water partition coefficient (Wildman–Crippen LogP) is 3.22. The number of fused-ring (bicyclic) bond motifs is 1. The van der Waals surface area contributed by atoms with Gasteiger partial charge in [0.1, 0.15) is 0 Å². The van der Waals surface area contributed by atoms with E-state index in [0.717, 1.165) is 48.9 Å². The Morgan fingerprint density at radius 2 is 2.00 bits per heavy atom. The van der Waals surface area contributed by atoms with Crippen LogP contribution < -0.4 is 15.6 Å². The largest absolute Gasteiger partial charge is 0.478 e. The number of hydrogen-bond acceptors (Lipinski definition) is 6. The highest BCUT2D eigenvalue weighted by Crippen LogP contribution is 2.38. The van der Waals surface area contributed by atoms with Crippen LogP contribution in [0.15, 0.2) is 41.7 Å². The number of aryl methyl sites for hydroxylation is 3. The number of ether oxygens (including phenoxy) is 1. The molecule has 1 aliphatic rings. The van der Waals surface area contributed by atoms with Gasteiger partial charge in [-0.3, -0.25) is 4.68 Å². The maximum absolute atomic E-state index is 11.3. The van der Waals surface area contributed by atoms with Gasteiger partial charge in [0.2, 0.25) is 5.88 Å². The summed E-state index contributed by atoms with van der Waals surface area (Å²) in [5, 5.41) is 8.94. The van der Waals surface area contributed by atoms with E-state index in [1.54, 1.807) is 17.1 Å². The third kappa shape index (κ3) is 4.94. The van der Waals surface area contributed by atoms with Gasteiger partial charge in [-0.15, -0.1) is 0 Å². The van der Waals surface area contributed by atoms with Crippen molar-refractivity contribution in [2.45, 2.75) is 57.0 Å². The third-order valence-corrected chi connectivity index (χ3v) is 6.65. The summed E-state index contributed by atoms with van der Waals surface area (Å²) in [7, 11) is -3.75. The van der Waals surface area contributed by atoms with Crippen molar-refractivity contribution in [1.82, 2.24) is 14.8 Å². The minimum absolute atomic E-state index is 0.106. The topological polar surface area (TPSA) is 126 Å². The molecule has 0 spiro atoms. The Balaban J connectivity index is 1.30. The molecule has 0 unspecified atom stereocenters. The van der Waals surface area contributed by atoms with Gasteiger partial charge in [-0.25, -0.2) is 18.5 Å². The molecule has 2 aromatic heterocycles. The summed E-state index contributed by atoms with van der Waals surface area (Å²) in [6, 6.07) is 7.61. The Bertz CT molecular complexity index is 1220. The monoisotopic (exact) mass is 455 g/mol. The SMILES string of the molecule is Cc1cc2c(c(N)c1-c1ccnc(OCCCCCn3ccc(S(N)(=O)=O)n3)c1)CCC2. The summed E-state index contributed by atoms with van der Waals surface area (Å²) in [4.78, 5) is 4.34. The molecule has 0 radical (unpaired) electrons. The van der Waals surface area contributed by atoms with Crippen molar-refractivity contribution in [3.8, 4) is 17.0 Å². The van der Waals surface area contributed by atoms with E-state index in [1.807, 2.05) is 12.1 Å². The first-order valence-electron chi connectivity index (χ1n) is 10.9. The van der Waals surface area contributed by atoms with Crippen LogP contribution in [0.3, 0.4) is 0 Å². The van der Waals surface area contributed by atoms with E-state index in [9.17, 15) is 8.42 Å². The lowest BCUT2D eigenvalue weighted by atomic mass is 9.93. The quantitative estimate of drug-likeness (QED) is 0.377. The lowest BCUT2D eigenvalue weighted by molar-refractivity contribution is 0.292. The molecule has 0 bridgehead atoms. The highest BCUT2D eigenvalue weighted by molar-refractivity contribution is 7.89. The molecule has 8 nitrogen and oxygen atoms in total. The molecule has 4 N–H and O–H groups in total. The van der Waals surface area contributed by atoms with Crippen molar-refractivity contribution in [2.24, 2.45) is 5.14 Å². The van der Waals surface area contributed by atoms with E-state index in [-0.39, 0.29) is 5.03 Å². The van der Waals surface area contributed by atoms with E-state index in [4.69, 9.17) is 15.6 Å². The number of anilines is 1. The molecule has 1 aliphatic carbocycles. The van der Waals surface area contributed by atoms with Gasteiger partial charge in [0.15, 0.2) is 5.03 Å². The van der Waals surface area contributed by atoms with Crippen molar-refractivity contribution < 1.29 is 13.2 Å². The van der Waals surface area contributed by atoms with Gasteiger partial charge in [-0.2, -0.15) is 5.10 Å². The number of aromatic nitrogens is 3. The summed E-state index contributed by atoms with van der Waals surface area (Å²) >= 11 is 0. The molecule has 9 heteroatoms. The first-order valence-corrected chi connectivity index (χ1v) is 12.4. The zero-order valence-electron chi connectivity index (χ0n) is 18.3. The average Bonchev–Trinajstić information content (AvgIpc) is 3.40. The smallest absolute Gasteiger partial charge is 0.257 e. The molecular formula is C23H29N5O3S. The molecule has 0 fully saturated rings. The lowest BCUT2D eigenvalue weighted by Crippen LogP contribution is -2.13. The average molecular weight is 456 g/mol. The number of nitrogens with two attached hydrogens (primary N) is 2. The van der Waals surface area contributed by atoms with E-state index in [0.29, 0.717) is 19.0 Å². The van der Waals surface area contributed by atoms with Crippen LogP contribution in [0.4, 0.5) is 5.69 Å². The van der Waals surface area contributed by atoms with Gasteiger partial charge < -0.3 is 10.5 Å². The van der Waals surface area contributed by atoms with Gasteiger partial charge in [0.25, 0.3) is 10.0 Å². The fraction of sp³-hybridized carbons (Fsp3) is 0.391. The normalized spacial score (nSPS) is 13.3. The molecule has 0 aliphatic heterocycles. The Morgan fingerprint density at radius 3 is 2.78 bits per heavy atom. The molecule has 32 heavy (non-hydrogen) atoms. The molecule has 0 saturated heterocycles. The summed E-state index contributed by atoms with van der Waals surface area (Å²) in [5.41, 5.74) is 13.4. The van der Waals surface area contributed by atoms with Crippen LogP contribution in [0, 0.1) is 6.92 Å². The predicted molar refractivity (Wildman–Crippen MR) is 124 cm³/mol. The highest BCUT2D eigenvalue weighted by atomic mass is 32.2. The number of hydrogen-bond donors (Lipinski definition) is 2. The Kier molecular flexibility index (Phi) is 6.48. The minimum Gasteiger partial charge on any atom is -0.478 e. The maximum atomic E-state index is 11.3. The number of sulfonamides is 1. The lowest BCUT2D eigenvalue weighted by Gasteiger charge is -2.15. The van der Waals surface area contributed by atoms with E-state index in [1.165, 1.54) is 29.2 Å². The molecule has 2 heterocycles. The van der Waals surface area contributed by atoms with Crippen molar-refractivity contribution in [3.05, 3.63) is 53.3 Å². The van der Waals surface area contributed by atoms with E-state index in [2.05, 4.69) is 23.1 Å². The molecule has 4 rings (SSSR count). The molecule has 0 amide bonds. The summed E-state index contributed by atoms with van der Waals surface area (Å²) in [6.07, 6.45) is 9.34. The van der Waals surface area contributed by atoms with Gasteiger partial charge >= 0.3 is 0 Å². The Morgan fingerprint density at radius 1 is 1.16 bits per heavy atom. The van der Waals surface area contributed by atoms with Gasteiger partial charge in [-0.1, -0.05) is 6.07 Å². The van der Waals surface area contributed by atoms with Crippen LogP contribution in [-0.4, -0.2) is 29.8 Å².